The number of nitrogens with zero attached hydrogens (tertiary/aromatic N) is 1. The Labute approximate surface area is 106 Å². The highest BCUT2D eigenvalue weighted by Crippen LogP contribution is 2.34. The summed E-state index contributed by atoms with van der Waals surface area (Å²) in [6.07, 6.45) is 6.91. The maximum atomic E-state index is 3.59. The molecule has 1 aliphatic carbocycles. The first-order valence-electron chi connectivity index (χ1n) is 6.36. The number of hydrogen-bond acceptors (Lipinski definition) is 1. The van der Waals surface area contributed by atoms with Crippen LogP contribution in [0.5, 0.6) is 0 Å². The molecule has 1 aliphatic heterocycles. The first-order valence-corrected chi connectivity index (χ1v) is 7.15. The van der Waals surface area contributed by atoms with E-state index in [1.54, 1.807) is 0 Å². The molecule has 0 aromatic heterocycles. The second-order valence-corrected chi connectivity index (χ2v) is 6.04. The molecule has 2 aliphatic rings. The summed E-state index contributed by atoms with van der Waals surface area (Å²) < 4.78 is 1.21. The summed E-state index contributed by atoms with van der Waals surface area (Å²) in [5.41, 5.74) is 3.02. The fourth-order valence-electron chi connectivity index (χ4n) is 2.80. The van der Waals surface area contributed by atoms with Crippen LogP contribution in [0.1, 0.15) is 31.2 Å². The van der Waals surface area contributed by atoms with Crippen LogP contribution in [0.15, 0.2) is 22.7 Å². The van der Waals surface area contributed by atoms with Gasteiger partial charge < -0.3 is 4.90 Å². The lowest BCUT2D eigenvalue weighted by Crippen LogP contribution is -2.36. The van der Waals surface area contributed by atoms with Crippen molar-refractivity contribution in [3.05, 3.63) is 28.2 Å². The van der Waals surface area contributed by atoms with Crippen LogP contribution in [0.2, 0.25) is 0 Å². The quantitative estimate of drug-likeness (QED) is 0.791. The Morgan fingerprint density at radius 3 is 2.88 bits per heavy atom. The topological polar surface area (TPSA) is 3.24 Å². The van der Waals surface area contributed by atoms with Crippen LogP contribution in [-0.2, 0) is 6.42 Å². The molecule has 1 fully saturated rings. The van der Waals surface area contributed by atoms with Crippen LogP contribution in [0.3, 0.4) is 0 Å². The molecule has 0 saturated heterocycles. The lowest BCUT2D eigenvalue weighted by Gasteiger charge is -2.37. The lowest BCUT2D eigenvalue weighted by molar-refractivity contribution is 0.316. The van der Waals surface area contributed by atoms with Crippen molar-refractivity contribution in [1.29, 1.82) is 0 Å². The first kappa shape index (κ1) is 10.6. The van der Waals surface area contributed by atoms with Crippen molar-refractivity contribution in [3.8, 4) is 0 Å². The molecule has 1 heterocycles. The minimum atomic E-state index is 0.963. The smallest absolute Gasteiger partial charge is 0.0410 e. The normalized spacial score (nSPS) is 20.4. The van der Waals surface area contributed by atoms with Gasteiger partial charge >= 0.3 is 0 Å². The van der Waals surface area contributed by atoms with E-state index in [2.05, 4.69) is 39.0 Å². The Hall–Kier alpha value is -0.500. The Bertz CT molecular complexity index is 384. The molecule has 0 atom stereocenters. The zero-order valence-electron chi connectivity index (χ0n) is 9.58. The third-order valence-corrected chi connectivity index (χ3v) is 4.46. The Morgan fingerprint density at radius 1 is 1.25 bits per heavy atom. The van der Waals surface area contributed by atoms with Gasteiger partial charge in [0.15, 0.2) is 0 Å². The van der Waals surface area contributed by atoms with Crippen LogP contribution >= 0.6 is 15.9 Å². The molecule has 1 nitrogen and oxygen atoms in total. The first-order chi connectivity index (χ1) is 7.83. The Morgan fingerprint density at radius 2 is 2.12 bits per heavy atom. The van der Waals surface area contributed by atoms with E-state index in [4.69, 9.17) is 0 Å². The van der Waals surface area contributed by atoms with Gasteiger partial charge in [-0.25, -0.2) is 0 Å². The van der Waals surface area contributed by atoms with Crippen LogP contribution < -0.4 is 4.90 Å². The van der Waals surface area contributed by atoms with Gasteiger partial charge in [0.05, 0.1) is 0 Å². The molecule has 2 heteroatoms. The number of aryl methyl sites for hydroxylation is 1. The van der Waals surface area contributed by atoms with Crippen molar-refractivity contribution >= 4 is 21.6 Å². The second-order valence-electron chi connectivity index (χ2n) is 5.12. The van der Waals surface area contributed by atoms with Crippen LogP contribution in [0.25, 0.3) is 0 Å². The van der Waals surface area contributed by atoms with Gasteiger partial charge in [-0.15, -0.1) is 0 Å². The largest absolute Gasteiger partial charge is 0.371 e. The van der Waals surface area contributed by atoms with Gasteiger partial charge in [0, 0.05) is 23.2 Å². The van der Waals surface area contributed by atoms with E-state index in [1.807, 2.05) is 0 Å². The molecule has 16 heavy (non-hydrogen) atoms. The van der Waals surface area contributed by atoms with Gasteiger partial charge in [0.2, 0.25) is 0 Å². The molecule has 0 bridgehead atoms. The van der Waals surface area contributed by atoms with Crippen LogP contribution in [0.4, 0.5) is 5.69 Å². The molecule has 1 saturated carbocycles. The maximum Gasteiger partial charge on any atom is 0.0410 e. The fraction of sp³-hybridized carbons (Fsp3) is 0.571. The number of anilines is 1. The molecule has 3 rings (SSSR count). The number of benzene rings is 1. The highest BCUT2D eigenvalue weighted by Gasteiger charge is 2.23. The number of rotatable bonds is 2. The van der Waals surface area contributed by atoms with Crippen molar-refractivity contribution in [1.82, 2.24) is 0 Å². The van der Waals surface area contributed by atoms with Crippen molar-refractivity contribution in [2.24, 2.45) is 5.92 Å². The van der Waals surface area contributed by atoms with E-state index >= 15 is 0 Å². The summed E-state index contributed by atoms with van der Waals surface area (Å²) >= 11 is 3.59. The van der Waals surface area contributed by atoms with Gasteiger partial charge in [0.1, 0.15) is 0 Å². The summed E-state index contributed by atoms with van der Waals surface area (Å²) in [7, 11) is 0. The zero-order valence-corrected chi connectivity index (χ0v) is 11.2. The van der Waals surface area contributed by atoms with E-state index in [-0.39, 0.29) is 0 Å². The highest BCUT2D eigenvalue weighted by molar-refractivity contribution is 9.10. The number of halogens is 1. The van der Waals surface area contributed by atoms with Gasteiger partial charge in [-0.1, -0.05) is 28.4 Å². The molecular weight excluding hydrogens is 262 g/mol. The molecule has 0 unspecified atom stereocenters. The van der Waals surface area contributed by atoms with Crippen molar-refractivity contribution in [3.63, 3.8) is 0 Å². The molecule has 1 aromatic carbocycles. The molecule has 0 radical (unpaired) electrons. The summed E-state index contributed by atoms with van der Waals surface area (Å²) in [5, 5.41) is 0. The van der Waals surface area contributed by atoms with Gasteiger partial charge in [0.25, 0.3) is 0 Å². The van der Waals surface area contributed by atoms with E-state index in [1.165, 1.54) is 60.9 Å². The van der Waals surface area contributed by atoms with E-state index < -0.39 is 0 Å². The summed E-state index contributed by atoms with van der Waals surface area (Å²) in [5.74, 6) is 0.963. The van der Waals surface area contributed by atoms with Crippen LogP contribution in [-0.4, -0.2) is 13.1 Å². The van der Waals surface area contributed by atoms with E-state index in [0.29, 0.717) is 0 Å². The predicted octanol–water partition coefficient (Wildman–Crippen LogP) is 4.00. The van der Waals surface area contributed by atoms with Gasteiger partial charge in [-0.3, -0.25) is 0 Å². The van der Waals surface area contributed by atoms with Crippen molar-refractivity contribution < 1.29 is 0 Å². The van der Waals surface area contributed by atoms with E-state index in [9.17, 15) is 0 Å². The van der Waals surface area contributed by atoms with Gasteiger partial charge in [-0.2, -0.15) is 0 Å². The molecule has 0 N–H and O–H groups in total. The third kappa shape index (κ3) is 2.00. The second kappa shape index (κ2) is 4.40. The minimum Gasteiger partial charge on any atom is -0.371 e. The highest BCUT2D eigenvalue weighted by atomic mass is 79.9. The number of fused-ring (bicyclic) bond motifs is 1. The summed E-state index contributed by atoms with van der Waals surface area (Å²) in [6, 6.07) is 6.76. The molecule has 0 amide bonds. The van der Waals surface area contributed by atoms with Crippen molar-refractivity contribution in [2.75, 3.05) is 18.0 Å². The monoisotopic (exact) mass is 279 g/mol. The van der Waals surface area contributed by atoms with Gasteiger partial charge in [-0.05, 0) is 49.3 Å². The maximum absolute atomic E-state index is 3.59. The molecule has 86 valence electrons. The SMILES string of the molecule is Brc1ccc2c(c1)N(CC1CCC1)CCC2. The minimum absolute atomic E-state index is 0.963. The lowest BCUT2D eigenvalue weighted by atomic mass is 9.84. The summed E-state index contributed by atoms with van der Waals surface area (Å²) in [4.78, 5) is 2.60. The average Bonchev–Trinajstić information content (AvgIpc) is 2.23. The zero-order chi connectivity index (χ0) is 11.0. The summed E-state index contributed by atoms with van der Waals surface area (Å²) in [6.45, 7) is 2.53. The van der Waals surface area contributed by atoms with Crippen LogP contribution in [0, 0.1) is 5.92 Å². The molecular formula is C14H18BrN. The fourth-order valence-corrected chi connectivity index (χ4v) is 3.15. The molecule has 1 aromatic rings. The Kier molecular flexibility index (Phi) is 2.93. The Balaban J connectivity index is 1.83. The van der Waals surface area contributed by atoms with Crippen molar-refractivity contribution in [2.45, 2.75) is 32.1 Å². The van der Waals surface area contributed by atoms with E-state index in [0.717, 1.165) is 5.92 Å². The predicted molar refractivity (Wildman–Crippen MR) is 72.0 cm³/mol. The standard InChI is InChI=1S/C14H18BrN/c15-13-7-6-12-5-2-8-16(14(12)9-13)10-11-3-1-4-11/h6-7,9,11H,1-5,8,10H2. The molecule has 0 spiro atoms. The average molecular weight is 280 g/mol. The number of hydrogen-bond donors (Lipinski definition) is 0. The third-order valence-electron chi connectivity index (χ3n) is 3.97.